The van der Waals surface area contributed by atoms with Gasteiger partial charge in [-0.05, 0) is 67.7 Å². The minimum atomic E-state index is -0.117. The van der Waals surface area contributed by atoms with E-state index in [-0.39, 0.29) is 17.4 Å². The first kappa shape index (κ1) is 26.3. The summed E-state index contributed by atoms with van der Waals surface area (Å²) in [7, 11) is 0. The molecule has 1 aliphatic heterocycles. The van der Waals surface area contributed by atoms with E-state index in [0.29, 0.717) is 5.92 Å². The highest BCUT2D eigenvalue weighted by Crippen LogP contribution is 2.43. The van der Waals surface area contributed by atoms with Gasteiger partial charge >= 0.3 is 0 Å². The molecule has 0 spiro atoms. The highest BCUT2D eigenvalue weighted by molar-refractivity contribution is 9.10. The highest BCUT2D eigenvalue weighted by Gasteiger charge is 2.43. The van der Waals surface area contributed by atoms with Gasteiger partial charge in [0.25, 0.3) is 5.91 Å². The van der Waals surface area contributed by atoms with Crippen molar-refractivity contribution in [3.63, 3.8) is 0 Å². The van der Waals surface area contributed by atoms with E-state index in [1.54, 1.807) is 11.8 Å². The van der Waals surface area contributed by atoms with Crippen LogP contribution in [0.3, 0.4) is 0 Å². The number of halogens is 1. The summed E-state index contributed by atoms with van der Waals surface area (Å²) in [5.74, 6) is 0.647. The van der Waals surface area contributed by atoms with Crippen molar-refractivity contribution in [3.8, 4) is 0 Å². The number of amides is 1. The standard InChI is InChI=1S/C33H34BrN3OS/c1-22-10-6-8-14-29(22)37-32(38)31(39-33(37)35-26-11-4-3-5-12-26)20-28-23(2)36(30-15-9-7-13-27(28)30)21-24-16-18-25(34)19-17-24/h3-5,7,9,11-13,15-20,22,29,33,35H,6,8,10,14,21H2,1-2H3/b31-20-/t22-,29+,33?/m0/s1. The maximum absolute atomic E-state index is 14.1. The van der Waals surface area contributed by atoms with E-state index in [0.717, 1.165) is 33.6 Å². The van der Waals surface area contributed by atoms with Crippen molar-refractivity contribution >= 4 is 56.3 Å². The minimum absolute atomic E-state index is 0.117. The summed E-state index contributed by atoms with van der Waals surface area (Å²) in [6, 6.07) is 27.6. The zero-order chi connectivity index (χ0) is 26.9. The average Bonchev–Trinajstić information content (AvgIpc) is 3.39. The SMILES string of the molecule is Cc1c(/C=C2\SC(Nc3ccccc3)N([C@@H]3CCCC[C@@H]3C)C2=O)c2ccccc2n1Cc1ccc(Br)cc1. The monoisotopic (exact) mass is 599 g/mol. The Bertz CT molecular complexity index is 1510. The summed E-state index contributed by atoms with van der Waals surface area (Å²) in [6.07, 6.45) is 6.83. The molecule has 39 heavy (non-hydrogen) atoms. The number of rotatable bonds is 6. The molecular formula is C33H34BrN3OS. The first-order valence-electron chi connectivity index (χ1n) is 13.8. The molecule has 2 aliphatic rings. The number of para-hydroxylation sites is 2. The molecule has 1 saturated heterocycles. The third-order valence-electron chi connectivity index (χ3n) is 8.23. The number of nitrogens with zero attached hydrogens (tertiary/aromatic N) is 2. The topological polar surface area (TPSA) is 37.3 Å². The minimum Gasteiger partial charge on any atom is -0.356 e. The molecule has 4 aromatic rings. The molecular weight excluding hydrogens is 566 g/mol. The summed E-state index contributed by atoms with van der Waals surface area (Å²) >= 11 is 5.20. The van der Waals surface area contributed by atoms with E-state index >= 15 is 0 Å². The number of anilines is 1. The number of carbonyl (C=O) groups is 1. The number of carbonyl (C=O) groups excluding carboxylic acids is 1. The lowest BCUT2D eigenvalue weighted by Gasteiger charge is -2.39. The lowest BCUT2D eigenvalue weighted by molar-refractivity contribution is -0.129. The van der Waals surface area contributed by atoms with E-state index in [1.807, 2.05) is 18.2 Å². The fourth-order valence-electron chi connectivity index (χ4n) is 6.11. The van der Waals surface area contributed by atoms with Crippen LogP contribution < -0.4 is 5.32 Å². The van der Waals surface area contributed by atoms with Crippen LogP contribution in [0, 0.1) is 12.8 Å². The second kappa shape index (κ2) is 11.3. The van der Waals surface area contributed by atoms with Crippen LogP contribution in [-0.2, 0) is 11.3 Å². The number of hydrogen-bond acceptors (Lipinski definition) is 3. The number of fused-ring (bicyclic) bond motifs is 1. The van der Waals surface area contributed by atoms with Crippen LogP contribution in [0.5, 0.6) is 0 Å². The summed E-state index contributed by atoms with van der Waals surface area (Å²) in [4.78, 5) is 17.1. The Morgan fingerprint density at radius 1 is 0.974 bits per heavy atom. The Hall–Kier alpha value is -2.96. The molecule has 2 heterocycles. The molecule has 3 atom stereocenters. The van der Waals surface area contributed by atoms with Gasteiger partial charge in [-0.3, -0.25) is 4.79 Å². The van der Waals surface area contributed by atoms with Crippen molar-refractivity contribution < 1.29 is 4.79 Å². The molecule has 2 fully saturated rings. The van der Waals surface area contributed by atoms with Gasteiger partial charge in [-0.1, -0.05) is 96.0 Å². The fourth-order valence-corrected chi connectivity index (χ4v) is 7.57. The predicted molar refractivity (Wildman–Crippen MR) is 168 cm³/mol. The zero-order valence-corrected chi connectivity index (χ0v) is 24.8. The molecule has 6 rings (SSSR count). The van der Waals surface area contributed by atoms with Crippen molar-refractivity contribution in [2.24, 2.45) is 5.92 Å². The molecule has 200 valence electrons. The average molecular weight is 601 g/mol. The molecule has 1 aromatic heterocycles. The van der Waals surface area contributed by atoms with Crippen molar-refractivity contribution in [2.75, 3.05) is 5.32 Å². The van der Waals surface area contributed by atoms with Crippen molar-refractivity contribution in [1.82, 2.24) is 9.47 Å². The van der Waals surface area contributed by atoms with Gasteiger partial charge in [-0.25, -0.2) is 0 Å². The third-order valence-corrected chi connectivity index (χ3v) is 9.88. The van der Waals surface area contributed by atoms with Crippen molar-refractivity contribution in [2.45, 2.75) is 57.6 Å². The van der Waals surface area contributed by atoms with Gasteiger partial charge in [-0.15, -0.1) is 0 Å². The quantitative estimate of drug-likeness (QED) is 0.225. The second-order valence-corrected chi connectivity index (χ2v) is 12.8. The van der Waals surface area contributed by atoms with Gasteiger partial charge in [0.05, 0.1) is 4.91 Å². The van der Waals surface area contributed by atoms with E-state index in [4.69, 9.17) is 0 Å². The molecule has 0 radical (unpaired) electrons. The van der Waals surface area contributed by atoms with Crippen LogP contribution in [-0.4, -0.2) is 26.9 Å². The Balaban J connectivity index is 1.39. The smallest absolute Gasteiger partial charge is 0.262 e. The van der Waals surface area contributed by atoms with Crippen LogP contribution in [0.25, 0.3) is 17.0 Å². The summed E-state index contributed by atoms with van der Waals surface area (Å²) < 4.78 is 3.45. The predicted octanol–water partition coefficient (Wildman–Crippen LogP) is 8.65. The van der Waals surface area contributed by atoms with E-state index < -0.39 is 0 Å². The molecule has 1 N–H and O–H groups in total. The summed E-state index contributed by atoms with van der Waals surface area (Å²) in [6.45, 7) is 5.27. The number of thioether (sulfide) groups is 1. The normalized spacial score (nSPS) is 22.6. The molecule has 4 nitrogen and oxygen atoms in total. The largest absolute Gasteiger partial charge is 0.356 e. The lowest BCUT2D eigenvalue weighted by atomic mass is 9.85. The van der Waals surface area contributed by atoms with Gasteiger partial charge in [0.2, 0.25) is 0 Å². The first-order chi connectivity index (χ1) is 19.0. The van der Waals surface area contributed by atoms with E-state index in [1.165, 1.54) is 41.4 Å². The Labute approximate surface area is 243 Å². The van der Waals surface area contributed by atoms with Crippen LogP contribution in [0.1, 0.15) is 49.4 Å². The number of aromatic nitrogens is 1. The Kier molecular flexibility index (Phi) is 7.59. The molecule has 6 heteroatoms. The molecule has 0 bridgehead atoms. The Morgan fingerprint density at radius 2 is 1.69 bits per heavy atom. The third kappa shape index (κ3) is 5.29. The van der Waals surface area contributed by atoms with Crippen LogP contribution in [0.15, 0.2) is 88.2 Å². The fraction of sp³-hybridized carbons (Fsp3) is 0.303. The molecule has 1 unspecified atom stereocenters. The van der Waals surface area contributed by atoms with Gasteiger partial charge < -0.3 is 14.8 Å². The maximum Gasteiger partial charge on any atom is 0.262 e. The van der Waals surface area contributed by atoms with Crippen LogP contribution >= 0.6 is 27.7 Å². The number of benzene rings is 3. The first-order valence-corrected chi connectivity index (χ1v) is 15.5. The van der Waals surface area contributed by atoms with Gasteiger partial charge in [-0.2, -0.15) is 0 Å². The highest BCUT2D eigenvalue weighted by atomic mass is 79.9. The van der Waals surface area contributed by atoms with Gasteiger partial charge in [0, 0.05) is 44.9 Å². The molecule has 3 aromatic carbocycles. The molecule has 1 aliphatic carbocycles. The number of hydrogen-bond donors (Lipinski definition) is 1. The Morgan fingerprint density at radius 3 is 2.46 bits per heavy atom. The van der Waals surface area contributed by atoms with Gasteiger partial charge in [0.1, 0.15) is 0 Å². The number of nitrogens with one attached hydrogen (secondary N) is 1. The van der Waals surface area contributed by atoms with Gasteiger partial charge in [0.15, 0.2) is 5.50 Å². The van der Waals surface area contributed by atoms with Crippen molar-refractivity contribution in [1.29, 1.82) is 0 Å². The maximum atomic E-state index is 14.1. The van der Waals surface area contributed by atoms with Crippen molar-refractivity contribution in [3.05, 3.63) is 105 Å². The van der Waals surface area contributed by atoms with E-state index in [9.17, 15) is 4.79 Å². The summed E-state index contributed by atoms with van der Waals surface area (Å²) in [5.41, 5.74) is 5.68. The van der Waals surface area contributed by atoms with E-state index in [2.05, 4.69) is 111 Å². The van der Waals surface area contributed by atoms with Crippen LogP contribution in [0.4, 0.5) is 5.69 Å². The molecule has 1 amide bonds. The lowest BCUT2D eigenvalue weighted by Crippen LogP contribution is -2.48. The molecule has 1 saturated carbocycles. The zero-order valence-electron chi connectivity index (χ0n) is 22.4. The van der Waals surface area contributed by atoms with Crippen LogP contribution in [0.2, 0.25) is 0 Å². The summed E-state index contributed by atoms with van der Waals surface area (Å²) in [5, 5.41) is 4.85. The second-order valence-electron chi connectivity index (χ2n) is 10.8.